The van der Waals surface area contributed by atoms with Crippen LogP contribution in [0.2, 0.25) is 0 Å². The molecule has 0 bridgehead atoms. The summed E-state index contributed by atoms with van der Waals surface area (Å²) in [5, 5.41) is 12.1. The number of amides is 2. The number of benzene rings is 2. The summed E-state index contributed by atoms with van der Waals surface area (Å²) in [4.78, 5) is 41.3. The molecule has 2 aliphatic heterocycles. The number of carbonyl (C=O) groups is 2. The number of nitro groups is 1. The summed E-state index contributed by atoms with van der Waals surface area (Å²) in [6.45, 7) is 7.47. The molecule has 0 saturated carbocycles. The molecule has 48 heavy (non-hydrogen) atoms. The standard InChI is InChI=1S/C34H45N3O9S2/c1-5-47-34(48-6-2)26-9-7-14-36(26)33(39)25-22-30(43-4)31(23-27(25)37(40)41)46-18-8-17-45-28-12-10-24(21-29(28)42-3)11-13-32(38)35-15-19-44-20-16-35/h10-13,21-23,26,34H,5-9,14-20H2,1-4H3/b13-11+/t26-/m0/s1. The van der Waals surface area contributed by atoms with Gasteiger partial charge in [-0.05, 0) is 48.1 Å². The van der Waals surface area contributed by atoms with E-state index in [1.807, 2.05) is 29.6 Å². The molecule has 4 rings (SSSR count). The number of hydrogen-bond donors (Lipinski definition) is 0. The first kappa shape index (κ1) is 37.2. The van der Waals surface area contributed by atoms with Gasteiger partial charge in [-0.3, -0.25) is 19.7 Å². The summed E-state index contributed by atoms with van der Waals surface area (Å²) >= 11 is 3.62. The summed E-state index contributed by atoms with van der Waals surface area (Å²) in [5.41, 5.74) is 0.475. The van der Waals surface area contributed by atoms with Crippen LogP contribution < -0.4 is 18.9 Å². The SMILES string of the molecule is CCSC(SCC)[C@@H]1CCCN1C(=O)c1cc(OC)c(OCCCOc2ccc(/C=C/C(=O)N3CCOCC3)cc2OC)cc1[N+](=O)[O-]. The fraction of sp³-hybridized carbons (Fsp3) is 0.529. The van der Waals surface area contributed by atoms with E-state index in [4.69, 9.17) is 23.7 Å². The second kappa shape index (κ2) is 18.8. The van der Waals surface area contributed by atoms with Crippen LogP contribution in [-0.4, -0.2) is 109 Å². The van der Waals surface area contributed by atoms with Crippen LogP contribution in [0.5, 0.6) is 23.0 Å². The molecule has 1 atom stereocenters. The van der Waals surface area contributed by atoms with Gasteiger partial charge in [0.05, 0.1) is 62.3 Å². The summed E-state index contributed by atoms with van der Waals surface area (Å²) in [6, 6.07) is 8.10. The van der Waals surface area contributed by atoms with Crippen molar-refractivity contribution < 1.29 is 38.2 Å². The van der Waals surface area contributed by atoms with Crippen LogP contribution in [0.1, 0.15) is 49.0 Å². The summed E-state index contributed by atoms with van der Waals surface area (Å²) in [6.07, 6.45) is 5.46. The lowest BCUT2D eigenvalue weighted by Gasteiger charge is -2.31. The molecule has 0 N–H and O–H groups in total. The molecule has 2 aliphatic rings. The third-order valence-electron chi connectivity index (χ3n) is 7.98. The predicted molar refractivity (Wildman–Crippen MR) is 189 cm³/mol. The summed E-state index contributed by atoms with van der Waals surface area (Å²) in [7, 11) is 2.99. The number of methoxy groups -OCH3 is 2. The van der Waals surface area contributed by atoms with Crippen molar-refractivity contribution >= 4 is 47.1 Å². The number of likely N-dealkylation sites (tertiary alicyclic amines) is 1. The molecule has 262 valence electrons. The lowest BCUT2D eigenvalue weighted by atomic mass is 10.1. The van der Waals surface area contributed by atoms with Crippen LogP contribution in [0, 0.1) is 10.1 Å². The lowest BCUT2D eigenvalue weighted by Crippen LogP contribution is -2.41. The van der Waals surface area contributed by atoms with E-state index >= 15 is 0 Å². The number of carbonyl (C=O) groups excluding carboxylic acids is 2. The second-order valence-electron chi connectivity index (χ2n) is 11.0. The maximum absolute atomic E-state index is 13.8. The number of ether oxygens (including phenoxy) is 5. The molecule has 2 aromatic rings. The molecule has 0 spiro atoms. The third kappa shape index (κ3) is 9.73. The van der Waals surface area contributed by atoms with E-state index in [-0.39, 0.29) is 58.4 Å². The number of nitrogens with zero attached hydrogens (tertiary/aromatic N) is 3. The Balaban J connectivity index is 1.36. The van der Waals surface area contributed by atoms with Crippen LogP contribution in [0.4, 0.5) is 5.69 Å². The highest BCUT2D eigenvalue weighted by atomic mass is 32.2. The zero-order valence-electron chi connectivity index (χ0n) is 28.0. The smallest absolute Gasteiger partial charge is 0.286 e. The van der Waals surface area contributed by atoms with Crippen molar-refractivity contribution in [2.75, 3.05) is 71.8 Å². The van der Waals surface area contributed by atoms with Gasteiger partial charge in [-0.2, -0.15) is 0 Å². The topological polar surface area (TPSA) is 130 Å². The average molecular weight is 704 g/mol. The van der Waals surface area contributed by atoms with Crippen molar-refractivity contribution in [2.45, 2.75) is 43.7 Å². The Morgan fingerprint density at radius 1 is 0.979 bits per heavy atom. The minimum atomic E-state index is -0.545. The van der Waals surface area contributed by atoms with E-state index in [2.05, 4.69) is 13.8 Å². The second-order valence-corrected chi connectivity index (χ2v) is 14.1. The van der Waals surface area contributed by atoms with Gasteiger partial charge in [-0.25, -0.2) is 0 Å². The highest BCUT2D eigenvalue weighted by molar-refractivity contribution is 8.17. The van der Waals surface area contributed by atoms with Crippen molar-refractivity contribution in [3.8, 4) is 23.0 Å². The van der Waals surface area contributed by atoms with Crippen molar-refractivity contribution in [1.29, 1.82) is 0 Å². The fourth-order valence-corrected chi connectivity index (χ4v) is 8.48. The molecule has 0 radical (unpaired) electrons. The molecule has 2 aromatic carbocycles. The lowest BCUT2D eigenvalue weighted by molar-refractivity contribution is -0.385. The van der Waals surface area contributed by atoms with Crippen LogP contribution in [-0.2, 0) is 9.53 Å². The van der Waals surface area contributed by atoms with Crippen molar-refractivity contribution in [3.63, 3.8) is 0 Å². The molecule has 0 unspecified atom stereocenters. The molecular weight excluding hydrogens is 659 g/mol. The highest BCUT2D eigenvalue weighted by Gasteiger charge is 2.38. The first-order valence-corrected chi connectivity index (χ1v) is 18.3. The highest BCUT2D eigenvalue weighted by Crippen LogP contribution is 2.39. The van der Waals surface area contributed by atoms with E-state index in [0.29, 0.717) is 50.8 Å². The Hall–Kier alpha value is -3.62. The Labute approximate surface area is 290 Å². The molecule has 14 heteroatoms. The zero-order valence-corrected chi connectivity index (χ0v) is 29.6. The number of nitro benzene ring substituents is 1. The molecule has 0 aliphatic carbocycles. The van der Waals surface area contributed by atoms with E-state index in [9.17, 15) is 19.7 Å². The Bertz CT molecular complexity index is 1430. The average Bonchev–Trinajstić information content (AvgIpc) is 3.60. The predicted octanol–water partition coefficient (Wildman–Crippen LogP) is 5.77. The first-order chi connectivity index (χ1) is 23.3. The van der Waals surface area contributed by atoms with Crippen LogP contribution in [0.25, 0.3) is 6.08 Å². The van der Waals surface area contributed by atoms with Crippen LogP contribution in [0.3, 0.4) is 0 Å². The first-order valence-electron chi connectivity index (χ1n) is 16.2. The van der Waals surface area contributed by atoms with Gasteiger partial charge in [-0.15, -0.1) is 23.5 Å². The third-order valence-corrected chi connectivity index (χ3v) is 10.7. The summed E-state index contributed by atoms with van der Waals surface area (Å²) in [5.74, 6) is 2.91. The monoisotopic (exact) mass is 703 g/mol. The maximum Gasteiger partial charge on any atom is 0.286 e. The van der Waals surface area contributed by atoms with Crippen molar-refractivity contribution in [1.82, 2.24) is 9.80 Å². The maximum atomic E-state index is 13.8. The Morgan fingerprint density at radius 3 is 2.29 bits per heavy atom. The molecule has 2 fully saturated rings. The quantitative estimate of drug-likeness (QED) is 0.0655. The number of thioether (sulfide) groups is 2. The van der Waals surface area contributed by atoms with Crippen LogP contribution in [0.15, 0.2) is 36.4 Å². The van der Waals surface area contributed by atoms with Gasteiger partial charge in [-0.1, -0.05) is 19.9 Å². The van der Waals surface area contributed by atoms with Crippen molar-refractivity contribution in [3.05, 3.63) is 57.6 Å². The van der Waals surface area contributed by atoms with Gasteiger partial charge in [0, 0.05) is 38.2 Å². The van der Waals surface area contributed by atoms with Gasteiger partial charge in [0.15, 0.2) is 23.0 Å². The molecule has 2 heterocycles. The molecular formula is C34H45N3O9S2. The van der Waals surface area contributed by atoms with E-state index in [1.54, 1.807) is 35.1 Å². The number of hydrogen-bond acceptors (Lipinski definition) is 11. The minimum absolute atomic E-state index is 0.00275. The Kier molecular flexibility index (Phi) is 14.6. The van der Waals surface area contributed by atoms with Gasteiger partial charge < -0.3 is 33.5 Å². The molecule has 2 amide bonds. The zero-order chi connectivity index (χ0) is 34.5. The van der Waals surface area contributed by atoms with Gasteiger partial charge in [0.25, 0.3) is 11.6 Å². The van der Waals surface area contributed by atoms with Gasteiger partial charge in [0.1, 0.15) is 5.56 Å². The van der Waals surface area contributed by atoms with E-state index in [0.717, 1.165) is 29.9 Å². The fourth-order valence-electron chi connectivity index (χ4n) is 5.61. The molecule has 12 nitrogen and oxygen atoms in total. The van der Waals surface area contributed by atoms with E-state index < -0.39 is 4.92 Å². The normalized spacial score (nSPS) is 16.4. The van der Waals surface area contributed by atoms with Gasteiger partial charge in [0.2, 0.25) is 5.91 Å². The molecule has 0 aromatic heterocycles. The number of morpholine rings is 1. The largest absolute Gasteiger partial charge is 0.493 e. The van der Waals surface area contributed by atoms with Crippen molar-refractivity contribution in [2.24, 2.45) is 0 Å². The molecule has 2 saturated heterocycles. The minimum Gasteiger partial charge on any atom is -0.493 e. The van der Waals surface area contributed by atoms with Crippen LogP contribution >= 0.6 is 23.5 Å². The van der Waals surface area contributed by atoms with E-state index in [1.165, 1.54) is 25.3 Å². The van der Waals surface area contributed by atoms with Gasteiger partial charge >= 0.3 is 0 Å². The number of rotatable bonds is 17. The summed E-state index contributed by atoms with van der Waals surface area (Å²) < 4.78 is 28.3. The Morgan fingerprint density at radius 2 is 1.65 bits per heavy atom.